The predicted molar refractivity (Wildman–Crippen MR) is 83.9 cm³/mol. The van der Waals surface area contributed by atoms with Crippen LogP contribution < -0.4 is 0 Å². The molecule has 1 heterocycles. The first-order valence-electron chi connectivity index (χ1n) is 6.56. The minimum atomic E-state index is -2.23. The molecule has 0 aromatic heterocycles. The summed E-state index contributed by atoms with van der Waals surface area (Å²) in [5, 5.41) is 3.70. The summed E-state index contributed by atoms with van der Waals surface area (Å²) in [5.74, 6) is -1.00. The molecule has 0 aromatic rings. The first-order valence-corrected chi connectivity index (χ1v) is 8.16. The Morgan fingerprint density at radius 1 is 1.38 bits per heavy atom. The quantitative estimate of drug-likeness (QED) is 0.426. The van der Waals surface area contributed by atoms with E-state index in [0.717, 1.165) is 10.6 Å². The smallest absolute Gasteiger partial charge is 0.301 e. The Hall–Kier alpha value is -1.24. The van der Waals surface area contributed by atoms with Gasteiger partial charge in [0.15, 0.2) is 5.83 Å². The van der Waals surface area contributed by atoms with E-state index in [1.165, 1.54) is 7.11 Å². The summed E-state index contributed by atoms with van der Waals surface area (Å²) in [6, 6.07) is 0. The summed E-state index contributed by atoms with van der Waals surface area (Å²) >= 11 is 0. The number of thiol groups is 1. The minimum absolute atomic E-state index is 0.149. The van der Waals surface area contributed by atoms with E-state index in [0.29, 0.717) is 12.2 Å². The molecule has 0 bridgehead atoms. The van der Waals surface area contributed by atoms with Gasteiger partial charge < -0.3 is 4.84 Å². The Morgan fingerprint density at radius 2 is 2.05 bits per heavy atom. The van der Waals surface area contributed by atoms with Crippen molar-refractivity contribution in [2.24, 2.45) is 15.6 Å². The summed E-state index contributed by atoms with van der Waals surface area (Å²) in [4.78, 5) is 10.1. The van der Waals surface area contributed by atoms with E-state index in [1.807, 2.05) is 20.8 Å². The van der Waals surface area contributed by atoms with Crippen molar-refractivity contribution < 1.29 is 18.0 Å². The Morgan fingerprint density at radius 3 is 2.57 bits per heavy atom. The van der Waals surface area contributed by atoms with Crippen LogP contribution in [0, 0.1) is 5.41 Å². The van der Waals surface area contributed by atoms with Gasteiger partial charge in [0.1, 0.15) is 7.11 Å². The van der Waals surface area contributed by atoms with Crippen LogP contribution in [0.3, 0.4) is 0 Å². The molecule has 0 saturated carbocycles. The zero-order valence-electron chi connectivity index (χ0n) is 12.7. The first-order chi connectivity index (χ1) is 9.77. The van der Waals surface area contributed by atoms with Crippen molar-refractivity contribution in [2.75, 3.05) is 12.9 Å². The maximum atomic E-state index is 13.0. The second-order valence-corrected chi connectivity index (χ2v) is 7.73. The lowest BCUT2D eigenvalue weighted by molar-refractivity contribution is 0.215. The Kier molecular flexibility index (Phi) is 6.51. The van der Waals surface area contributed by atoms with E-state index in [-0.39, 0.29) is 11.8 Å². The van der Waals surface area contributed by atoms with Crippen LogP contribution in [0.25, 0.3) is 0 Å². The molecule has 1 atom stereocenters. The molecular formula is C14H21F3N2OS. The van der Waals surface area contributed by atoms with Crippen molar-refractivity contribution in [3.8, 4) is 0 Å². The molecule has 0 radical (unpaired) electrons. The van der Waals surface area contributed by atoms with Gasteiger partial charge in [-0.05, 0) is 10.7 Å². The van der Waals surface area contributed by atoms with Crippen LogP contribution in [0.2, 0.25) is 0 Å². The second kappa shape index (κ2) is 7.68. The zero-order valence-corrected chi connectivity index (χ0v) is 13.6. The maximum absolute atomic E-state index is 13.0. The van der Waals surface area contributed by atoms with Crippen LogP contribution in [0.1, 0.15) is 33.6 Å². The average Bonchev–Trinajstić information content (AvgIpc) is 2.79. The average molecular weight is 322 g/mol. The summed E-state index contributed by atoms with van der Waals surface area (Å²) in [7, 11) is 0.600. The minimum Gasteiger partial charge on any atom is -0.399 e. The maximum Gasteiger partial charge on any atom is 0.301 e. The van der Waals surface area contributed by atoms with Crippen molar-refractivity contribution in [1.82, 2.24) is 0 Å². The number of hydrogen-bond acceptors (Lipinski definition) is 3. The number of oxime groups is 1. The molecule has 21 heavy (non-hydrogen) atoms. The molecule has 1 rings (SSSR count). The Labute approximate surface area is 126 Å². The molecule has 1 aliphatic rings. The lowest BCUT2D eigenvalue weighted by Gasteiger charge is -2.22. The number of allylic oxidation sites excluding steroid dienone is 3. The SMILES string of the molecule is CO/N=C/CC1=C(C(C)(C)C)N=C[SH]1CCC(F)=C(F)F. The largest absolute Gasteiger partial charge is 0.399 e. The van der Waals surface area contributed by atoms with Gasteiger partial charge in [-0.3, -0.25) is 4.99 Å². The van der Waals surface area contributed by atoms with Crippen molar-refractivity contribution in [3.63, 3.8) is 0 Å². The van der Waals surface area contributed by atoms with Gasteiger partial charge in [0.2, 0.25) is 0 Å². The van der Waals surface area contributed by atoms with E-state index in [4.69, 9.17) is 0 Å². The number of hydrogen-bond donors (Lipinski definition) is 1. The van der Waals surface area contributed by atoms with Crippen molar-refractivity contribution in [3.05, 3.63) is 22.5 Å². The van der Waals surface area contributed by atoms with Gasteiger partial charge >= 0.3 is 6.08 Å². The highest BCUT2D eigenvalue weighted by molar-refractivity contribution is 8.31. The summed E-state index contributed by atoms with van der Waals surface area (Å²) < 4.78 is 37.3. The molecule has 0 fully saturated rings. The molecule has 0 saturated heterocycles. The molecular weight excluding hydrogens is 301 g/mol. The predicted octanol–water partition coefficient (Wildman–Crippen LogP) is 4.78. The number of rotatable bonds is 6. The monoisotopic (exact) mass is 322 g/mol. The van der Waals surface area contributed by atoms with E-state index >= 15 is 0 Å². The molecule has 0 amide bonds. The highest BCUT2D eigenvalue weighted by atomic mass is 32.2. The number of aliphatic imine (C=N–C) groups is 1. The third kappa shape index (κ3) is 5.22. The van der Waals surface area contributed by atoms with Gasteiger partial charge in [-0.25, -0.2) is 4.39 Å². The zero-order chi connectivity index (χ0) is 16.0. The van der Waals surface area contributed by atoms with Crippen molar-refractivity contribution >= 4 is 22.7 Å². The summed E-state index contributed by atoms with van der Waals surface area (Å²) in [6.07, 6.45) is -0.339. The third-order valence-electron chi connectivity index (χ3n) is 2.90. The fourth-order valence-electron chi connectivity index (χ4n) is 1.95. The van der Waals surface area contributed by atoms with Gasteiger partial charge in [0, 0.05) is 30.0 Å². The Balaban J connectivity index is 2.89. The molecule has 0 aliphatic carbocycles. The van der Waals surface area contributed by atoms with E-state index in [2.05, 4.69) is 15.0 Å². The van der Waals surface area contributed by atoms with Crippen LogP contribution in [0.5, 0.6) is 0 Å². The molecule has 0 N–H and O–H groups in total. The molecule has 0 aromatic carbocycles. The fourth-order valence-corrected chi connectivity index (χ4v) is 4.15. The van der Waals surface area contributed by atoms with Gasteiger partial charge in [-0.1, -0.05) is 25.9 Å². The van der Waals surface area contributed by atoms with E-state index in [1.54, 1.807) is 11.8 Å². The standard InChI is InChI=1S/C14H21F3N2OS/c1-14(2,3)12-11(5-7-19-20-4)21(9-18-12)8-6-10(15)13(16)17/h7,9,21H,5-6,8H2,1-4H3/b19-7+. The molecule has 120 valence electrons. The highest BCUT2D eigenvalue weighted by Crippen LogP contribution is 2.48. The van der Waals surface area contributed by atoms with Crippen LogP contribution in [-0.4, -0.2) is 24.6 Å². The lowest BCUT2D eigenvalue weighted by Crippen LogP contribution is -2.09. The first kappa shape index (κ1) is 17.8. The van der Waals surface area contributed by atoms with E-state index < -0.39 is 22.8 Å². The van der Waals surface area contributed by atoms with Gasteiger partial charge in [0.25, 0.3) is 0 Å². The molecule has 0 spiro atoms. The Bertz CT molecular complexity index is 489. The molecule has 1 unspecified atom stereocenters. The molecule has 3 nitrogen and oxygen atoms in total. The number of halogens is 3. The van der Waals surface area contributed by atoms with Gasteiger partial charge in [0.05, 0.1) is 5.70 Å². The van der Waals surface area contributed by atoms with Crippen molar-refractivity contribution in [1.29, 1.82) is 0 Å². The van der Waals surface area contributed by atoms with Crippen LogP contribution in [-0.2, 0) is 4.84 Å². The van der Waals surface area contributed by atoms with Crippen LogP contribution >= 0.6 is 10.9 Å². The van der Waals surface area contributed by atoms with Crippen LogP contribution in [0.15, 0.2) is 32.7 Å². The molecule has 7 heteroatoms. The van der Waals surface area contributed by atoms with E-state index in [9.17, 15) is 13.2 Å². The highest BCUT2D eigenvalue weighted by Gasteiger charge is 2.27. The van der Waals surface area contributed by atoms with Crippen LogP contribution in [0.4, 0.5) is 13.2 Å². The van der Waals surface area contributed by atoms with Gasteiger partial charge in [-0.2, -0.15) is 19.7 Å². The topological polar surface area (TPSA) is 34.0 Å². The fraction of sp³-hybridized carbons (Fsp3) is 0.571. The normalized spacial score (nSPS) is 20.4. The molecule has 1 aliphatic heterocycles. The summed E-state index contributed by atoms with van der Waals surface area (Å²) in [5.41, 5.74) is 2.56. The number of nitrogens with zero attached hydrogens (tertiary/aromatic N) is 2. The lowest BCUT2D eigenvalue weighted by atomic mass is 9.91. The third-order valence-corrected chi connectivity index (χ3v) is 5.09. The van der Waals surface area contributed by atoms with Crippen molar-refractivity contribution in [2.45, 2.75) is 33.6 Å². The van der Waals surface area contributed by atoms with Gasteiger partial charge in [-0.15, -0.1) is 0 Å². The summed E-state index contributed by atoms with van der Waals surface area (Å²) in [6.45, 7) is 6.11. The second-order valence-electron chi connectivity index (χ2n) is 5.57.